The molecular formula is C29H37FN4O4. The van der Waals surface area contributed by atoms with Crippen molar-refractivity contribution < 1.29 is 23.5 Å². The molecule has 0 aliphatic carbocycles. The second-order valence-corrected chi connectivity index (χ2v) is 12.2. The van der Waals surface area contributed by atoms with Gasteiger partial charge in [-0.1, -0.05) is 34.6 Å². The van der Waals surface area contributed by atoms with Crippen LogP contribution in [0.1, 0.15) is 77.1 Å². The minimum absolute atomic E-state index is 0.000626. The number of aliphatic hydroxyl groups is 1. The number of aromatic nitrogens is 2. The largest absolute Gasteiger partial charge is 0.447 e. The molecule has 3 aromatic rings. The quantitative estimate of drug-likeness (QED) is 0.504. The third-order valence-electron chi connectivity index (χ3n) is 6.81. The zero-order valence-corrected chi connectivity index (χ0v) is 23.2. The number of furan rings is 1. The Bertz CT molecular complexity index is 1340. The van der Waals surface area contributed by atoms with Crippen LogP contribution in [0, 0.1) is 11.2 Å². The number of fused-ring (bicyclic) bond motifs is 1. The van der Waals surface area contributed by atoms with Crippen molar-refractivity contribution in [2.24, 2.45) is 5.41 Å². The Labute approximate surface area is 222 Å². The van der Waals surface area contributed by atoms with Gasteiger partial charge in [0.25, 0.3) is 11.8 Å². The van der Waals surface area contributed by atoms with E-state index in [0.29, 0.717) is 54.2 Å². The minimum Gasteiger partial charge on any atom is -0.447 e. The summed E-state index contributed by atoms with van der Waals surface area (Å²) >= 11 is 0. The molecule has 8 nitrogen and oxygen atoms in total. The molecule has 1 aliphatic heterocycles. The first-order chi connectivity index (χ1) is 17.7. The minimum atomic E-state index is -1.08. The van der Waals surface area contributed by atoms with E-state index >= 15 is 0 Å². The number of rotatable bonds is 5. The molecule has 0 radical (unpaired) electrons. The van der Waals surface area contributed by atoms with Crippen LogP contribution in [0.25, 0.3) is 22.5 Å². The van der Waals surface area contributed by atoms with E-state index < -0.39 is 11.6 Å². The van der Waals surface area contributed by atoms with Gasteiger partial charge >= 0.3 is 0 Å². The van der Waals surface area contributed by atoms with Crippen LogP contribution in [0.15, 0.2) is 34.7 Å². The number of aliphatic hydroxyl groups excluding tert-OH is 1. The van der Waals surface area contributed by atoms with E-state index in [1.54, 1.807) is 28.0 Å². The number of nitrogens with zero attached hydrogens (tertiary/aromatic N) is 4. The van der Waals surface area contributed by atoms with Gasteiger partial charge in [0.15, 0.2) is 17.2 Å². The molecule has 1 atom stereocenters. The fourth-order valence-electron chi connectivity index (χ4n) is 4.91. The second kappa shape index (κ2) is 10.1. The summed E-state index contributed by atoms with van der Waals surface area (Å²) in [7, 11) is 0. The van der Waals surface area contributed by atoms with Gasteiger partial charge in [-0.3, -0.25) is 9.59 Å². The summed E-state index contributed by atoms with van der Waals surface area (Å²) in [6, 6.07) is 7.58. The van der Waals surface area contributed by atoms with Crippen molar-refractivity contribution in [3.8, 4) is 11.4 Å². The van der Waals surface area contributed by atoms with E-state index in [4.69, 9.17) is 4.42 Å². The van der Waals surface area contributed by atoms with Crippen molar-refractivity contribution >= 4 is 22.9 Å². The number of hydrogen-bond acceptors (Lipinski definition) is 6. The van der Waals surface area contributed by atoms with Crippen LogP contribution in [0.2, 0.25) is 0 Å². The fourth-order valence-corrected chi connectivity index (χ4v) is 4.91. The van der Waals surface area contributed by atoms with Gasteiger partial charge in [0.1, 0.15) is 17.4 Å². The molecule has 2 aromatic heterocycles. The highest BCUT2D eigenvalue weighted by Gasteiger charge is 2.41. The molecule has 2 amide bonds. The number of carbonyl (C=O) groups is 2. The number of benzene rings is 1. The normalized spacial score (nSPS) is 16.8. The number of amides is 2. The van der Waals surface area contributed by atoms with E-state index in [0.717, 1.165) is 0 Å². The van der Waals surface area contributed by atoms with Crippen molar-refractivity contribution in [1.29, 1.82) is 0 Å². The van der Waals surface area contributed by atoms with Gasteiger partial charge < -0.3 is 19.3 Å². The number of halogens is 1. The highest BCUT2D eigenvalue weighted by molar-refractivity contribution is 5.96. The Morgan fingerprint density at radius 3 is 2.37 bits per heavy atom. The number of hydrogen-bond donors (Lipinski definition) is 1. The Morgan fingerprint density at radius 1 is 1.13 bits per heavy atom. The zero-order chi connectivity index (χ0) is 28.0. The van der Waals surface area contributed by atoms with Crippen LogP contribution in [0.3, 0.4) is 0 Å². The number of carbonyl (C=O) groups excluding carboxylic acids is 2. The van der Waals surface area contributed by atoms with E-state index in [9.17, 15) is 19.1 Å². The lowest BCUT2D eigenvalue weighted by atomic mass is 9.88. The topological polar surface area (TPSA) is 99.8 Å². The molecule has 1 saturated heterocycles. The highest BCUT2D eigenvalue weighted by atomic mass is 19.1. The molecule has 0 spiro atoms. The predicted octanol–water partition coefficient (Wildman–Crippen LogP) is 5.01. The van der Waals surface area contributed by atoms with E-state index in [2.05, 4.69) is 9.97 Å². The lowest BCUT2D eigenvalue weighted by Crippen LogP contribution is -2.63. The zero-order valence-electron chi connectivity index (χ0n) is 23.2. The first-order valence-corrected chi connectivity index (χ1v) is 13.0. The van der Waals surface area contributed by atoms with Gasteiger partial charge in [-0.25, -0.2) is 14.4 Å². The van der Waals surface area contributed by atoms with Crippen molar-refractivity contribution in [3.05, 3.63) is 47.6 Å². The first-order valence-electron chi connectivity index (χ1n) is 13.0. The summed E-state index contributed by atoms with van der Waals surface area (Å²) < 4.78 is 19.5. The second-order valence-electron chi connectivity index (χ2n) is 12.2. The van der Waals surface area contributed by atoms with Crippen LogP contribution in [-0.2, 0) is 4.79 Å². The SMILES string of the molecule is CC(C)c1nc(-c2ccc(F)cc2)nc2cc(C(=O)N3CCN(C(=O)[C@H](O)CC(C)(C)C)CC3(C)C)oc12. The van der Waals surface area contributed by atoms with E-state index in [1.165, 1.54) is 12.1 Å². The molecule has 9 heteroatoms. The molecule has 0 bridgehead atoms. The summed E-state index contributed by atoms with van der Waals surface area (Å²) in [6.07, 6.45) is -0.712. The molecule has 204 valence electrons. The monoisotopic (exact) mass is 524 g/mol. The first kappa shape index (κ1) is 27.7. The van der Waals surface area contributed by atoms with Crippen molar-refractivity contribution in [3.63, 3.8) is 0 Å². The van der Waals surface area contributed by atoms with Crippen molar-refractivity contribution in [2.45, 2.75) is 72.4 Å². The lowest BCUT2D eigenvalue weighted by molar-refractivity contribution is -0.145. The average Bonchev–Trinajstić information content (AvgIpc) is 3.25. The maximum atomic E-state index is 13.6. The number of piperazine rings is 1. The Balaban J connectivity index is 1.60. The van der Waals surface area contributed by atoms with Crippen molar-refractivity contribution in [1.82, 2.24) is 19.8 Å². The van der Waals surface area contributed by atoms with E-state index in [1.807, 2.05) is 48.5 Å². The van der Waals surface area contributed by atoms with Crippen LogP contribution in [0.5, 0.6) is 0 Å². The molecule has 4 rings (SSSR count). The highest BCUT2D eigenvalue weighted by Crippen LogP contribution is 2.31. The molecule has 1 fully saturated rings. The third-order valence-corrected chi connectivity index (χ3v) is 6.81. The molecule has 0 unspecified atom stereocenters. The predicted molar refractivity (Wildman–Crippen MR) is 143 cm³/mol. The van der Waals surface area contributed by atoms with Crippen LogP contribution in [0.4, 0.5) is 4.39 Å². The summed E-state index contributed by atoms with van der Waals surface area (Å²) in [5.41, 5.74) is 1.42. The summed E-state index contributed by atoms with van der Waals surface area (Å²) in [6.45, 7) is 14.6. The van der Waals surface area contributed by atoms with Gasteiger partial charge in [0, 0.05) is 31.3 Å². The average molecular weight is 525 g/mol. The molecular weight excluding hydrogens is 487 g/mol. The van der Waals surface area contributed by atoms with E-state index in [-0.39, 0.29) is 34.7 Å². The molecule has 0 saturated carbocycles. The molecule has 1 aliphatic rings. The molecule has 38 heavy (non-hydrogen) atoms. The van der Waals surface area contributed by atoms with Gasteiger partial charge in [0.2, 0.25) is 0 Å². The molecule has 1 N–H and O–H groups in total. The van der Waals surface area contributed by atoms with Crippen LogP contribution < -0.4 is 0 Å². The van der Waals surface area contributed by atoms with Gasteiger partial charge in [0.05, 0.1) is 11.2 Å². The standard InChI is InChI=1S/C29H37FN4O4/c1-17(2)23-24-20(31-25(32-23)18-8-10-19(30)11-9-18)14-22(38-24)27(37)34-13-12-33(16-29(34,6)7)26(36)21(35)15-28(3,4)5/h8-11,14,17,21,35H,12-13,15-16H2,1-7H3/t21-/m1/s1. The molecule has 1 aromatic carbocycles. The molecule has 3 heterocycles. The van der Waals surface area contributed by atoms with Gasteiger partial charge in [-0.15, -0.1) is 0 Å². The van der Waals surface area contributed by atoms with Crippen LogP contribution >= 0.6 is 0 Å². The maximum absolute atomic E-state index is 13.6. The van der Waals surface area contributed by atoms with Gasteiger partial charge in [-0.05, 0) is 55.9 Å². The summed E-state index contributed by atoms with van der Waals surface area (Å²) in [5.74, 6) is -0.375. The maximum Gasteiger partial charge on any atom is 0.290 e. The fraction of sp³-hybridized carbons (Fsp3) is 0.517. The lowest BCUT2D eigenvalue weighted by Gasteiger charge is -2.47. The van der Waals surface area contributed by atoms with Crippen LogP contribution in [-0.4, -0.2) is 68.0 Å². The third kappa shape index (κ3) is 5.72. The summed E-state index contributed by atoms with van der Waals surface area (Å²) in [5, 5.41) is 10.5. The smallest absolute Gasteiger partial charge is 0.290 e. The summed E-state index contributed by atoms with van der Waals surface area (Å²) in [4.78, 5) is 39.2. The Kier molecular flexibility index (Phi) is 7.36. The Hall–Kier alpha value is -3.33. The Morgan fingerprint density at radius 2 is 1.79 bits per heavy atom. The van der Waals surface area contributed by atoms with Gasteiger partial charge in [-0.2, -0.15) is 0 Å². The van der Waals surface area contributed by atoms with Crippen molar-refractivity contribution in [2.75, 3.05) is 19.6 Å².